The number of hydrogen-bond donors (Lipinski definition) is 1. The molecule has 0 saturated carbocycles. The maximum atomic E-state index is 4.99. The van der Waals surface area contributed by atoms with E-state index >= 15 is 0 Å². The number of anilines is 1. The molecular formula is C31H52ClN5. The van der Waals surface area contributed by atoms with Crippen molar-refractivity contribution >= 4 is 29.0 Å². The predicted molar refractivity (Wildman–Crippen MR) is 162 cm³/mol. The largest absolute Gasteiger partial charge is 0.384 e. The van der Waals surface area contributed by atoms with Crippen molar-refractivity contribution in [3.63, 3.8) is 0 Å². The standard InChI is InChI=1S/C31H51N5.ClH/c1-25(2)23-36(24-26(3)4)18-10-17-35-21-19-34(20-22-35)16-9-15-32-31-27-11-5-7-13-29(27)33-30-14-8-6-12-28(30)31;/h5,7,11,13,25-26H,6,8-10,12,14-24H2,1-4H3,(H,32,33);1H. The molecule has 208 valence electrons. The fourth-order valence-corrected chi connectivity index (χ4v) is 6.13. The molecule has 0 amide bonds. The van der Waals surface area contributed by atoms with E-state index in [0.29, 0.717) is 0 Å². The molecule has 1 aromatic heterocycles. The van der Waals surface area contributed by atoms with Gasteiger partial charge in [-0.25, -0.2) is 0 Å². The van der Waals surface area contributed by atoms with Crippen molar-refractivity contribution in [3.05, 3.63) is 35.5 Å². The van der Waals surface area contributed by atoms with E-state index in [1.54, 1.807) is 0 Å². The van der Waals surface area contributed by atoms with Crippen LogP contribution in [0.3, 0.4) is 0 Å². The minimum atomic E-state index is 0. The Bertz CT molecular complexity index is 929. The Morgan fingerprint density at radius 2 is 1.49 bits per heavy atom. The number of piperazine rings is 1. The van der Waals surface area contributed by atoms with Crippen LogP contribution in [0.4, 0.5) is 5.69 Å². The molecule has 0 radical (unpaired) electrons. The third kappa shape index (κ3) is 9.09. The normalized spacial score (nSPS) is 16.9. The number of hydrogen-bond acceptors (Lipinski definition) is 5. The number of pyridine rings is 1. The van der Waals surface area contributed by atoms with Crippen molar-refractivity contribution in [2.24, 2.45) is 11.8 Å². The van der Waals surface area contributed by atoms with Gasteiger partial charge in [0, 0.05) is 62.6 Å². The highest BCUT2D eigenvalue weighted by atomic mass is 35.5. The molecule has 2 aliphatic rings. The number of benzene rings is 1. The summed E-state index contributed by atoms with van der Waals surface area (Å²) >= 11 is 0. The van der Waals surface area contributed by atoms with E-state index in [-0.39, 0.29) is 12.4 Å². The molecule has 2 aromatic rings. The Kier molecular flexibility index (Phi) is 12.4. The lowest BCUT2D eigenvalue weighted by Crippen LogP contribution is -2.47. The van der Waals surface area contributed by atoms with Crippen molar-refractivity contribution in [2.45, 2.75) is 66.2 Å². The van der Waals surface area contributed by atoms with Gasteiger partial charge in [0.25, 0.3) is 0 Å². The van der Waals surface area contributed by atoms with Crippen LogP contribution >= 0.6 is 12.4 Å². The highest BCUT2D eigenvalue weighted by molar-refractivity contribution is 5.93. The lowest BCUT2D eigenvalue weighted by molar-refractivity contribution is 0.124. The topological polar surface area (TPSA) is 34.6 Å². The van der Waals surface area contributed by atoms with Crippen LogP contribution in [-0.4, -0.2) is 85.1 Å². The maximum absolute atomic E-state index is 4.99. The molecule has 6 heteroatoms. The SMILES string of the molecule is CC(C)CN(CCCN1CCN(CCCNc2c3c(nc4ccccc24)CCCC3)CC1)CC(C)C.Cl. The maximum Gasteiger partial charge on any atom is 0.0726 e. The first-order chi connectivity index (χ1) is 17.5. The van der Waals surface area contributed by atoms with Crippen molar-refractivity contribution < 1.29 is 0 Å². The molecule has 0 atom stereocenters. The second-order valence-electron chi connectivity index (χ2n) is 12.0. The number of aromatic nitrogens is 1. The average molecular weight is 530 g/mol. The molecule has 1 aliphatic carbocycles. The summed E-state index contributed by atoms with van der Waals surface area (Å²) in [5.74, 6) is 1.51. The van der Waals surface area contributed by atoms with Gasteiger partial charge < -0.3 is 20.0 Å². The highest BCUT2D eigenvalue weighted by Gasteiger charge is 2.19. The number of aryl methyl sites for hydroxylation is 1. The fraction of sp³-hybridized carbons (Fsp3) is 0.710. The van der Waals surface area contributed by atoms with Crippen molar-refractivity contribution in [3.8, 4) is 0 Å². The van der Waals surface area contributed by atoms with Gasteiger partial charge in [-0.05, 0) is 81.6 Å². The second kappa shape index (κ2) is 15.3. The first-order valence-corrected chi connectivity index (χ1v) is 14.8. The lowest BCUT2D eigenvalue weighted by atomic mass is 9.92. The van der Waals surface area contributed by atoms with Gasteiger partial charge in [-0.1, -0.05) is 45.9 Å². The number of halogens is 1. The summed E-state index contributed by atoms with van der Waals surface area (Å²) in [6.45, 7) is 21.5. The zero-order valence-corrected chi connectivity index (χ0v) is 24.8. The Morgan fingerprint density at radius 3 is 2.16 bits per heavy atom. The first-order valence-electron chi connectivity index (χ1n) is 14.8. The fourth-order valence-electron chi connectivity index (χ4n) is 6.13. The van der Waals surface area contributed by atoms with E-state index < -0.39 is 0 Å². The molecule has 2 heterocycles. The first kappa shape index (κ1) is 30.1. The van der Waals surface area contributed by atoms with E-state index in [9.17, 15) is 0 Å². The second-order valence-corrected chi connectivity index (χ2v) is 12.0. The molecule has 4 rings (SSSR count). The summed E-state index contributed by atoms with van der Waals surface area (Å²) in [7, 11) is 0. The summed E-state index contributed by atoms with van der Waals surface area (Å²) < 4.78 is 0. The molecule has 1 saturated heterocycles. The van der Waals surface area contributed by atoms with Crippen LogP contribution < -0.4 is 5.32 Å². The molecule has 1 aliphatic heterocycles. The highest BCUT2D eigenvalue weighted by Crippen LogP contribution is 2.33. The predicted octanol–water partition coefficient (Wildman–Crippen LogP) is 5.96. The van der Waals surface area contributed by atoms with Crippen molar-refractivity contribution in [1.29, 1.82) is 0 Å². The summed E-state index contributed by atoms with van der Waals surface area (Å²) in [5, 5.41) is 5.15. The zero-order chi connectivity index (χ0) is 25.3. The minimum Gasteiger partial charge on any atom is -0.384 e. The quantitative estimate of drug-likeness (QED) is 0.324. The summed E-state index contributed by atoms with van der Waals surface area (Å²) in [5.41, 5.74) is 5.32. The summed E-state index contributed by atoms with van der Waals surface area (Å²) in [6, 6.07) is 8.67. The van der Waals surface area contributed by atoms with Gasteiger partial charge in [0.2, 0.25) is 0 Å². The molecule has 1 N–H and O–H groups in total. The van der Waals surface area contributed by atoms with Crippen LogP contribution in [0.2, 0.25) is 0 Å². The summed E-state index contributed by atoms with van der Waals surface area (Å²) in [4.78, 5) is 13.0. The number of rotatable bonds is 13. The van der Waals surface area contributed by atoms with Gasteiger partial charge in [0.15, 0.2) is 0 Å². The van der Waals surface area contributed by atoms with Crippen LogP contribution in [-0.2, 0) is 12.8 Å². The Hall–Kier alpha value is -1.40. The molecule has 1 fully saturated rings. The van der Waals surface area contributed by atoms with Crippen LogP contribution in [0.5, 0.6) is 0 Å². The van der Waals surface area contributed by atoms with Crippen LogP contribution in [0.25, 0.3) is 10.9 Å². The van der Waals surface area contributed by atoms with E-state index in [2.05, 4.69) is 72.0 Å². The van der Waals surface area contributed by atoms with Crippen molar-refractivity contribution in [2.75, 3.05) is 70.8 Å². The Labute approximate surface area is 232 Å². The zero-order valence-electron chi connectivity index (χ0n) is 24.0. The Balaban J connectivity index is 0.00000380. The smallest absolute Gasteiger partial charge is 0.0726 e. The van der Waals surface area contributed by atoms with Crippen LogP contribution in [0.15, 0.2) is 24.3 Å². The number of nitrogens with zero attached hydrogens (tertiary/aromatic N) is 4. The van der Waals surface area contributed by atoms with Crippen LogP contribution in [0.1, 0.15) is 64.6 Å². The van der Waals surface area contributed by atoms with E-state index in [0.717, 1.165) is 30.3 Å². The van der Waals surface area contributed by atoms with Gasteiger partial charge in [0.05, 0.1) is 5.52 Å². The number of nitrogens with one attached hydrogen (secondary N) is 1. The number of para-hydroxylation sites is 1. The average Bonchev–Trinajstić information content (AvgIpc) is 2.86. The molecule has 1 aromatic carbocycles. The summed E-state index contributed by atoms with van der Waals surface area (Å²) in [6.07, 6.45) is 7.37. The monoisotopic (exact) mass is 529 g/mol. The van der Waals surface area contributed by atoms with Gasteiger partial charge in [-0.2, -0.15) is 0 Å². The van der Waals surface area contributed by atoms with Crippen LogP contribution in [0, 0.1) is 11.8 Å². The third-order valence-electron chi connectivity index (χ3n) is 7.78. The van der Waals surface area contributed by atoms with Gasteiger partial charge in [0.1, 0.15) is 0 Å². The molecule has 0 spiro atoms. The van der Waals surface area contributed by atoms with Crippen molar-refractivity contribution in [1.82, 2.24) is 19.7 Å². The molecule has 5 nitrogen and oxygen atoms in total. The van der Waals surface area contributed by atoms with E-state index in [1.807, 2.05) is 0 Å². The third-order valence-corrected chi connectivity index (χ3v) is 7.78. The molecule has 0 unspecified atom stereocenters. The lowest BCUT2D eigenvalue weighted by Gasteiger charge is -2.35. The van der Waals surface area contributed by atoms with Gasteiger partial charge in [-0.3, -0.25) is 4.98 Å². The van der Waals surface area contributed by atoms with Gasteiger partial charge in [-0.15, -0.1) is 12.4 Å². The molecule has 0 bridgehead atoms. The Morgan fingerprint density at radius 1 is 0.865 bits per heavy atom. The molecule has 37 heavy (non-hydrogen) atoms. The number of fused-ring (bicyclic) bond motifs is 2. The van der Waals surface area contributed by atoms with E-state index in [4.69, 9.17) is 4.98 Å². The van der Waals surface area contributed by atoms with E-state index in [1.165, 1.54) is 113 Å². The molecular weight excluding hydrogens is 478 g/mol. The minimum absolute atomic E-state index is 0. The van der Waals surface area contributed by atoms with Gasteiger partial charge >= 0.3 is 0 Å².